The van der Waals surface area contributed by atoms with Crippen LogP contribution in [0.4, 0.5) is 4.39 Å². The van der Waals surface area contributed by atoms with Crippen LogP contribution < -0.4 is 5.32 Å². The van der Waals surface area contributed by atoms with Gasteiger partial charge in [-0.3, -0.25) is 10.1 Å². The zero-order valence-corrected chi connectivity index (χ0v) is 13.4. The van der Waals surface area contributed by atoms with Gasteiger partial charge in [0.15, 0.2) is 9.84 Å². The van der Waals surface area contributed by atoms with Gasteiger partial charge < -0.3 is 5.11 Å². The first kappa shape index (κ1) is 16.6. The third kappa shape index (κ3) is 3.05. The minimum atomic E-state index is -3.73. The molecule has 1 aliphatic rings. The average Bonchev–Trinajstić information content (AvgIpc) is 3.03. The number of carboxylic acid groups (broad SMARTS) is 1. The highest BCUT2D eigenvalue weighted by molar-refractivity contribution is 7.92. The van der Waals surface area contributed by atoms with Crippen molar-refractivity contribution in [2.75, 3.05) is 0 Å². The standard InChI is InChI=1S/C17H16FNO4S/c18-12-8-6-11(7-9-12)16-15(10-14(19-16)17(20)21)24(22,23)13-4-2-1-3-5-13/h1-9,14-16,19H,10H2,(H,20,21)/t14-,15+,16-/m1/s1. The third-order valence-electron chi connectivity index (χ3n) is 4.22. The molecule has 0 bridgehead atoms. The fraction of sp³-hybridized carbons (Fsp3) is 0.235. The summed E-state index contributed by atoms with van der Waals surface area (Å²) >= 11 is 0. The molecule has 3 rings (SSSR count). The van der Waals surface area contributed by atoms with Crippen molar-refractivity contribution in [3.63, 3.8) is 0 Å². The Morgan fingerprint density at radius 3 is 2.29 bits per heavy atom. The molecule has 0 aromatic heterocycles. The van der Waals surface area contributed by atoms with E-state index in [1.54, 1.807) is 18.2 Å². The highest BCUT2D eigenvalue weighted by atomic mass is 32.2. The SMILES string of the molecule is O=C(O)[C@H]1C[C@H](S(=O)(=O)c2ccccc2)[C@@H](c2ccc(F)cc2)N1. The van der Waals surface area contributed by atoms with Crippen molar-refractivity contribution in [2.45, 2.75) is 28.6 Å². The summed E-state index contributed by atoms with van der Waals surface area (Å²) < 4.78 is 39.0. The molecule has 1 heterocycles. The van der Waals surface area contributed by atoms with Crippen LogP contribution >= 0.6 is 0 Å². The van der Waals surface area contributed by atoms with Gasteiger partial charge in [-0.25, -0.2) is 12.8 Å². The molecule has 2 aromatic carbocycles. The lowest BCUT2D eigenvalue weighted by Crippen LogP contribution is -2.32. The van der Waals surface area contributed by atoms with Crippen molar-refractivity contribution in [3.8, 4) is 0 Å². The third-order valence-corrected chi connectivity index (χ3v) is 6.41. The predicted molar refractivity (Wildman–Crippen MR) is 85.7 cm³/mol. The zero-order valence-electron chi connectivity index (χ0n) is 12.6. The van der Waals surface area contributed by atoms with Crippen LogP contribution in [0.2, 0.25) is 0 Å². The number of aliphatic carboxylic acids is 1. The Morgan fingerprint density at radius 2 is 1.71 bits per heavy atom. The summed E-state index contributed by atoms with van der Waals surface area (Å²) in [4.78, 5) is 11.5. The van der Waals surface area contributed by atoms with Crippen LogP contribution in [0.3, 0.4) is 0 Å². The lowest BCUT2D eigenvalue weighted by molar-refractivity contribution is -0.139. The summed E-state index contributed by atoms with van der Waals surface area (Å²) in [5.74, 6) is -1.54. The number of benzene rings is 2. The van der Waals surface area contributed by atoms with E-state index in [1.165, 1.54) is 36.4 Å². The maximum atomic E-state index is 13.1. The van der Waals surface area contributed by atoms with Crippen molar-refractivity contribution in [1.29, 1.82) is 0 Å². The van der Waals surface area contributed by atoms with Gasteiger partial charge in [0.1, 0.15) is 11.9 Å². The molecule has 1 aliphatic heterocycles. The molecule has 3 atom stereocenters. The van der Waals surface area contributed by atoms with Crippen LogP contribution in [0.25, 0.3) is 0 Å². The Balaban J connectivity index is 2.02. The molecule has 0 unspecified atom stereocenters. The molecular formula is C17H16FNO4S. The first-order valence-corrected chi connectivity index (χ1v) is 8.97. The Morgan fingerprint density at radius 1 is 1.08 bits per heavy atom. The molecule has 0 spiro atoms. The van der Waals surface area contributed by atoms with Crippen LogP contribution in [0.5, 0.6) is 0 Å². The Bertz CT molecular complexity index is 837. The largest absolute Gasteiger partial charge is 0.480 e. The van der Waals surface area contributed by atoms with E-state index in [-0.39, 0.29) is 11.3 Å². The van der Waals surface area contributed by atoms with Gasteiger partial charge in [0, 0.05) is 0 Å². The Labute approximate surface area is 139 Å². The van der Waals surface area contributed by atoms with Crippen LogP contribution in [-0.4, -0.2) is 30.8 Å². The van der Waals surface area contributed by atoms with Crippen molar-refractivity contribution in [2.24, 2.45) is 0 Å². The van der Waals surface area contributed by atoms with Crippen molar-refractivity contribution in [1.82, 2.24) is 5.32 Å². The molecule has 2 N–H and O–H groups in total. The molecule has 7 heteroatoms. The topological polar surface area (TPSA) is 83.5 Å². The van der Waals surface area contributed by atoms with E-state index in [9.17, 15) is 22.7 Å². The normalized spacial score (nSPS) is 24.0. The van der Waals surface area contributed by atoms with E-state index in [0.29, 0.717) is 5.56 Å². The quantitative estimate of drug-likeness (QED) is 0.884. The fourth-order valence-corrected chi connectivity index (χ4v) is 4.93. The molecule has 0 amide bonds. The second-order valence-corrected chi connectivity index (χ2v) is 7.89. The molecule has 0 saturated carbocycles. The molecule has 126 valence electrons. The highest BCUT2D eigenvalue weighted by Gasteiger charge is 2.45. The summed E-state index contributed by atoms with van der Waals surface area (Å²) in [5, 5.41) is 11.2. The van der Waals surface area contributed by atoms with Crippen LogP contribution in [0, 0.1) is 5.82 Å². The van der Waals surface area contributed by atoms with E-state index in [0.717, 1.165) is 0 Å². The molecule has 2 aromatic rings. The first-order valence-electron chi connectivity index (χ1n) is 7.43. The lowest BCUT2D eigenvalue weighted by Gasteiger charge is -2.20. The van der Waals surface area contributed by atoms with E-state index < -0.39 is 39.0 Å². The van der Waals surface area contributed by atoms with Gasteiger partial charge in [-0.1, -0.05) is 30.3 Å². The van der Waals surface area contributed by atoms with E-state index in [4.69, 9.17) is 0 Å². The fourth-order valence-electron chi connectivity index (χ4n) is 3.00. The molecule has 24 heavy (non-hydrogen) atoms. The van der Waals surface area contributed by atoms with Gasteiger partial charge in [0.25, 0.3) is 0 Å². The van der Waals surface area contributed by atoms with Gasteiger partial charge >= 0.3 is 5.97 Å². The van der Waals surface area contributed by atoms with E-state index in [1.807, 2.05) is 0 Å². The number of carboxylic acids is 1. The molecule has 1 fully saturated rings. The van der Waals surface area contributed by atoms with Crippen LogP contribution in [0.1, 0.15) is 18.0 Å². The van der Waals surface area contributed by atoms with Gasteiger partial charge in [0.05, 0.1) is 16.2 Å². The number of rotatable bonds is 4. The number of nitrogens with one attached hydrogen (secondary N) is 1. The molecule has 1 saturated heterocycles. The summed E-state index contributed by atoms with van der Waals surface area (Å²) in [6, 6.07) is 11.7. The Kier molecular flexibility index (Phi) is 4.38. The molecule has 5 nitrogen and oxygen atoms in total. The van der Waals surface area contributed by atoms with Crippen molar-refractivity contribution in [3.05, 3.63) is 66.0 Å². The first-order chi connectivity index (χ1) is 11.4. The minimum absolute atomic E-state index is 0.0470. The molecule has 0 aliphatic carbocycles. The number of hydrogen-bond donors (Lipinski definition) is 2. The Hall–Kier alpha value is -2.25. The van der Waals surface area contributed by atoms with Gasteiger partial charge in [-0.05, 0) is 36.2 Å². The number of hydrogen-bond acceptors (Lipinski definition) is 4. The van der Waals surface area contributed by atoms with Gasteiger partial charge in [-0.15, -0.1) is 0 Å². The monoisotopic (exact) mass is 349 g/mol. The molecule has 0 radical (unpaired) electrons. The van der Waals surface area contributed by atoms with Gasteiger partial charge in [-0.2, -0.15) is 0 Å². The molecular weight excluding hydrogens is 333 g/mol. The summed E-state index contributed by atoms with van der Waals surface area (Å²) in [6.07, 6.45) is -0.0470. The smallest absolute Gasteiger partial charge is 0.320 e. The second-order valence-electron chi connectivity index (χ2n) is 5.72. The lowest BCUT2D eigenvalue weighted by atomic mass is 10.0. The number of sulfone groups is 1. The van der Waals surface area contributed by atoms with E-state index in [2.05, 4.69) is 5.32 Å². The number of carbonyl (C=O) groups is 1. The van der Waals surface area contributed by atoms with Crippen LogP contribution in [0.15, 0.2) is 59.5 Å². The van der Waals surface area contributed by atoms with Crippen molar-refractivity contribution < 1.29 is 22.7 Å². The average molecular weight is 349 g/mol. The maximum absolute atomic E-state index is 13.1. The summed E-state index contributed by atoms with van der Waals surface area (Å²) in [6.45, 7) is 0. The van der Waals surface area contributed by atoms with Crippen LogP contribution in [-0.2, 0) is 14.6 Å². The zero-order chi connectivity index (χ0) is 17.3. The van der Waals surface area contributed by atoms with Crippen molar-refractivity contribution >= 4 is 15.8 Å². The predicted octanol–water partition coefficient (Wildman–Crippen LogP) is 2.16. The minimum Gasteiger partial charge on any atom is -0.480 e. The second kappa shape index (κ2) is 6.33. The van der Waals surface area contributed by atoms with E-state index >= 15 is 0 Å². The maximum Gasteiger partial charge on any atom is 0.320 e. The van der Waals surface area contributed by atoms with Gasteiger partial charge in [0.2, 0.25) is 0 Å². The number of halogens is 1. The summed E-state index contributed by atoms with van der Waals surface area (Å²) in [5.41, 5.74) is 0.546. The summed E-state index contributed by atoms with van der Waals surface area (Å²) in [7, 11) is -3.73. The highest BCUT2D eigenvalue weighted by Crippen LogP contribution is 2.35.